The Labute approximate surface area is 103 Å². The molecule has 2 nitrogen and oxygen atoms in total. The number of halogens is 3. The van der Waals surface area contributed by atoms with Gasteiger partial charge in [0.05, 0.1) is 10.6 Å². The topological polar surface area (TPSA) is 38.9 Å². The average molecular weight is 264 g/mol. The molecule has 0 fully saturated rings. The van der Waals surface area contributed by atoms with Crippen molar-refractivity contribution >= 4 is 11.8 Å². The summed E-state index contributed by atoms with van der Waals surface area (Å²) >= 11 is 1.38. The molecule has 6 heteroatoms. The van der Waals surface area contributed by atoms with Crippen molar-refractivity contribution in [3.8, 4) is 0 Å². The predicted molar refractivity (Wildman–Crippen MR) is 62.8 cm³/mol. The fourth-order valence-electron chi connectivity index (χ4n) is 1.28. The maximum atomic E-state index is 12.3. The highest BCUT2D eigenvalue weighted by Crippen LogP contribution is 2.29. The molecule has 1 aromatic heterocycles. The molecule has 0 spiro atoms. The van der Waals surface area contributed by atoms with E-state index in [4.69, 9.17) is 5.73 Å². The zero-order valence-electron chi connectivity index (χ0n) is 9.50. The van der Waals surface area contributed by atoms with Crippen molar-refractivity contribution in [2.75, 3.05) is 5.75 Å². The molecule has 0 saturated carbocycles. The van der Waals surface area contributed by atoms with Crippen LogP contribution < -0.4 is 5.73 Å². The van der Waals surface area contributed by atoms with Crippen LogP contribution in [0.4, 0.5) is 13.2 Å². The van der Waals surface area contributed by atoms with Gasteiger partial charge in [0.15, 0.2) is 0 Å². The van der Waals surface area contributed by atoms with Crippen LogP contribution in [0.1, 0.15) is 25.3 Å². The first-order valence-corrected chi connectivity index (χ1v) is 6.33. The standard InChI is InChI=1S/C11H15F3N2S/c1-2-3-9(15)7-17-10-5-4-8(6-16-10)11(12,13)14/h4-6,9H,2-3,7,15H2,1H3. The third kappa shape index (κ3) is 4.95. The molecule has 0 aliphatic rings. The van der Waals surface area contributed by atoms with E-state index in [1.807, 2.05) is 6.92 Å². The summed E-state index contributed by atoms with van der Waals surface area (Å²) in [5.41, 5.74) is 5.08. The third-order valence-corrected chi connectivity index (χ3v) is 3.30. The van der Waals surface area contributed by atoms with Crippen molar-refractivity contribution in [3.63, 3.8) is 0 Å². The number of rotatable bonds is 5. The lowest BCUT2D eigenvalue weighted by molar-refractivity contribution is -0.137. The molecule has 0 aliphatic carbocycles. The largest absolute Gasteiger partial charge is 0.417 e. The number of pyridine rings is 1. The molecule has 96 valence electrons. The van der Waals surface area contributed by atoms with Gasteiger partial charge >= 0.3 is 6.18 Å². The molecule has 0 aliphatic heterocycles. The molecule has 1 heterocycles. The van der Waals surface area contributed by atoms with Crippen LogP contribution in [0, 0.1) is 0 Å². The third-order valence-electron chi connectivity index (χ3n) is 2.17. The van der Waals surface area contributed by atoms with E-state index >= 15 is 0 Å². The summed E-state index contributed by atoms with van der Waals surface area (Å²) in [5, 5.41) is 0.574. The average Bonchev–Trinajstić information content (AvgIpc) is 2.26. The quantitative estimate of drug-likeness (QED) is 0.829. The van der Waals surface area contributed by atoms with E-state index in [-0.39, 0.29) is 6.04 Å². The second-order valence-electron chi connectivity index (χ2n) is 3.74. The lowest BCUT2D eigenvalue weighted by Crippen LogP contribution is -2.22. The Morgan fingerprint density at radius 2 is 2.12 bits per heavy atom. The molecule has 0 bridgehead atoms. The van der Waals surface area contributed by atoms with Gasteiger partial charge in [-0.3, -0.25) is 0 Å². The second-order valence-corrected chi connectivity index (χ2v) is 4.78. The normalized spacial score (nSPS) is 13.7. The second kappa shape index (κ2) is 6.26. The maximum absolute atomic E-state index is 12.3. The summed E-state index contributed by atoms with van der Waals surface area (Å²) in [6.07, 6.45) is -1.56. The minimum absolute atomic E-state index is 0.0640. The van der Waals surface area contributed by atoms with Crippen LogP contribution in [0.25, 0.3) is 0 Å². The number of hydrogen-bond acceptors (Lipinski definition) is 3. The first kappa shape index (κ1) is 14.3. The maximum Gasteiger partial charge on any atom is 0.417 e. The summed E-state index contributed by atoms with van der Waals surface area (Å²) in [5.74, 6) is 0.673. The fraction of sp³-hybridized carbons (Fsp3) is 0.545. The number of alkyl halides is 3. The molecule has 1 rings (SSSR count). The van der Waals surface area contributed by atoms with E-state index in [0.29, 0.717) is 10.8 Å². The van der Waals surface area contributed by atoms with Gasteiger partial charge < -0.3 is 5.73 Å². The number of thioether (sulfide) groups is 1. The van der Waals surface area contributed by atoms with E-state index in [0.717, 1.165) is 25.1 Å². The first-order valence-electron chi connectivity index (χ1n) is 5.35. The minimum atomic E-state index is -4.32. The van der Waals surface area contributed by atoms with Crippen molar-refractivity contribution in [1.82, 2.24) is 4.98 Å². The van der Waals surface area contributed by atoms with Gasteiger partial charge in [0, 0.05) is 18.0 Å². The lowest BCUT2D eigenvalue weighted by Gasteiger charge is -2.10. The van der Waals surface area contributed by atoms with Crippen molar-refractivity contribution in [2.24, 2.45) is 5.73 Å². The Morgan fingerprint density at radius 1 is 1.41 bits per heavy atom. The highest BCUT2D eigenvalue weighted by atomic mass is 32.2. The Kier molecular flexibility index (Phi) is 5.27. The molecule has 0 aromatic carbocycles. The zero-order chi connectivity index (χ0) is 12.9. The molecule has 1 unspecified atom stereocenters. The van der Waals surface area contributed by atoms with Crippen LogP contribution in [0.3, 0.4) is 0 Å². The van der Waals surface area contributed by atoms with Crippen LogP contribution in [0.2, 0.25) is 0 Å². The summed E-state index contributed by atoms with van der Waals surface area (Å²) in [7, 11) is 0. The molecule has 0 amide bonds. The van der Waals surface area contributed by atoms with Crippen molar-refractivity contribution in [1.29, 1.82) is 0 Å². The van der Waals surface area contributed by atoms with Crippen molar-refractivity contribution < 1.29 is 13.2 Å². The Bertz CT molecular complexity index is 338. The van der Waals surface area contributed by atoms with E-state index in [1.54, 1.807) is 0 Å². The van der Waals surface area contributed by atoms with Gasteiger partial charge in [-0.2, -0.15) is 13.2 Å². The minimum Gasteiger partial charge on any atom is -0.327 e. The predicted octanol–water partition coefficient (Wildman–Crippen LogP) is 3.32. The van der Waals surface area contributed by atoms with Gasteiger partial charge in [-0.1, -0.05) is 13.3 Å². The Balaban J connectivity index is 2.51. The fourth-order valence-corrected chi connectivity index (χ4v) is 2.12. The van der Waals surface area contributed by atoms with Gasteiger partial charge in [-0.05, 0) is 18.6 Å². The van der Waals surface area contributed by atoms with E-state index < -0.39 is 11.7 Å². The number of nitrogens with two attached hydrogens (primary N) is 1. The van der Waals surface area contributed by atoms with Gasteiger partial charge in [-0.25, -0.2) is 4.98 Å². The van der Waals surface area contributed by atoms with Gasteiger partial charge in [0.1, 0.15) is 0 Å². The van der Waals surface area contributed by atoms with Crippen LogP contribution in [0.15, 0.2) is 23.4 Å². The summed E-state index contributed by atoms with van der Waals surface area (Å²) < 4.78 is 36.8. The molecule has 0 saturated heterocycles. The number of aromatic nitrogens is 1. The Hall–Kier alpha value is -0.750. The van der Waals surface area contributed by atoms with Crippen LogP contribution in [0.5, 0.6) is 0 Å². The van der Waals surface area contributed by atoms with Gasteiger partial charge in [0.2, 0.25) is 0 Å². The molecular formula is C11H15F3N2S. The SMILES string of the molecule is CCCC(N)CSc1ccc(C(F)(F)F)cn1. The molecule has 1 aromatic rings. The monoisotopic (exact) mass is 264 g/mol. The van der Waals surface area contributed by atoms with Crippen LogP contribution in [-0.4, -0.2) is 16.8 Å². The highest BCUT2D eigenvalue weighted by molar-refractivity contribution is 7.99. The first-order chi connectivity index (χ1) is 7.93. The lowest BCUT2D eigenvalue weighted by atomic mass is 10.2. The van der Waals surface area contributed by atoms with E-state index in [1.165, 1.54) is 17.8 Å². The molecule has 0 radical (unpaired) electrons. The molecule has 2 N–H and O–H groups in total. The molecule has 17 heavy (non-hydrogen) atoms. The molecule has 1 atom stereocenters. The number of nitrogens with zero attached hydrogens (tertiary/aromatic N) is 1. The van der Waals surface area contributed by atoms with Crippen LogP contribution in [-0.2, 0) is 6.18 Å². The van der Waals surface area contributed by atoms with Crippen molar-refractivity contribution in [3.05, 3.63) is 23.9 Å². The zero-order valence-corrected chi connectivity index (χ0v) is 10.3. The number of hydrogen-bond donors (Lipinski definition) is 1. The summed E-state index contributed by atoms with van der Waals surface area (Å²) in [6.45, 7) is 2.04. The smallest absolute Gasteiger partial charge is 0.327 e. The summed E-state index contributed by atoms with van der Waals surface area (Å²) in [6, 6.07) is 2.49. The van der Waals surface area contributed by atoms with Crippen LogP contribution >= 0.6 is 11.8 Å². The molecular weight excluding hydrogens is 249 g/mol. The van der Waals surface area contributed by atoms with Crippen molar-refractivity contribution in [2.45, 2.75) is 37.0 Å². The highest BCUT2D eigenvalue weighted by Gasteiger charge is 2.30. The summed E-state index contributed by atoms with van der Waals surface area (Å²) in [4.78, 5) is 3.76. The van der Waals surface area contributed by atoms with E-state index in [2.05, 4.69) is 4.98 Å². The van der Waals surface area contributed by atoms with Gasteiger partial charge in [-0.15, -0.1) is 11.8 Å². The Morgan fingerprint density at radius 3 is 2.59 bits per heavy atom. The van der Waals surface area contributed by atoms with E-state index in [9.17, 15) is 13.2 Å². The van der Waals surface area contributed by atoms with Gasteiger partial charge in [0.25, 0.3) is 0 Å².